The largest absolute Gasteiger partial charge is 0.493 e. The maximum absolute atomic E-state index is 12.9. The van der Waals surface area contributed by atoms with Crippen LogP contribution in [-0.2, 0) is 16.2 Å². The molecular formula is C30H23ClN2O5S. The molecule has 39 heavy (non-hydrogen) atoms. The van der Waals surface area contributed by atoms with Crippen LogP contribution in [0, 0.1) is 0 Å². The molecule has 4 aromatic carbocycles. The maximum atomic E-state index is 12.9. The van der Waals surface area contributed by atoms with E-state index in [1.807, 2.05) is 48.5 Å². The van der Waals surface area contributed by atoms with Gasteiger partial charge in [0.05, 0.1) is 17.0 Å². The molecule has 7 nitrogen and oxygen atoms in total. The van der Waals surface area contributed by atoms with Gasteiger partial charge in [0.25, 0.3) is 11.1 Å². The van der Waals surface area contributed by atoms with Crippen molar-refractivity contribution < 1.29 is 23.9 Å². The van der Waals surface area contributed by atoms with E-state index in [1.165, 1.54) is 7.11 Å². The molecule has 0 aromatic heterocycles. The van der Waals surface area contributed by atoms with Crippen LogP contribution in [0.4, 0.5) is 10.5 Å². The lowest BCUT2D eigenvalue weighted by Gasteiger charge is -2.15. The summed E-state index contributed by atoms with van der Waals surface area (Å²) >= 11 is 7.33. The number of halogens is 1. The molecule has 9 heteroatoms. The van der Waals surface area contributed by atoms with Gasteiger partial charge in [0, 0.05) is 5.69 Å². The smallest absolute Gasteiger partial charge is 0.294 e. The Kier molecular flexibility index (Phi) is 7.86. The summed E-state index contributed by atoms with van der Waals surface area (Å²) in [4.78, 5) is 38.9. The minimum absolute atomic E-state index is 0.176. The van der Waals surface area contributed by atoms with E-state index in [9.17, 15) is 14.4 Å². The molecule has 0 bridgehead atoms. The third kappa shape index (κ3) is 5.92. The number of hydrogen-bond donors (Lipinski definition) is 1. The van der Waals surface area contributed by atoms with Crippen molar-refractivity contribution >= 4 is 63.0 Å². The first-order valence-corrected chi connectivity index (χ1v) is 13.2. The number of imide groups is 1. The summed E-state index contributed by atoms with van der Waals surface area (Å²) in [6, 6.07) is 26.2. The number of methoxy groups -OCH3 is 1. The number of carbonyl (C=O) groups excluding carboxylic acids is 3. The molecule has 1 fully saturated rings. The number of nitrogens with zero attached hydrogens (tertiary/aromatic N) is 1. The van der Waals surface area contributed by atoms with Crippen LogP contribution < -0.4 is 14.8 Å². The lowest BCUT2D eigenvalue weighted by molar-refractivity contribution is -0.127. The van der Waals surface area contributed by atoms with Crippen molar-refractivity contribution in [2.75, 3.05) is 19.0 Å². The normalized spacial score (nSPS) is 14.2. The Labute approximate surface area is 234 Å². The summed E-state index contributed by atoms with van der Waals surface area (Å²) in [6.45, 7) is -0.108. The minimum atomic E-state index is -0.556. The van der Waals surface area contributed by atoms with E-state index in [2.05, 4.69) is 5.32 Å². The fourth-order valence-corrected chi connectivity index (χ4v) is 5.30. The topological polar surface area (TPSA) is 84.9 Å². The van der Waals surface area contributed by atoms with Crippen molar-refractivity contribution in [1.29, 1.82) is 0 Å². The number of rotatable bonds is 8. The van der Waals surface area contributed by atoms with Gasteiger partial charge < -0.3 is 14.8 Å². The lowest BCUT2D eigenvalue weighted by Crippen LogP contribution is -2.36. The van der Waals surface area contributed by atoms with Crippen molar-refractivity contribution in [3.63, 3.8) is 0 Å². The third-order valence-electron chi connectivity index (χ3n) is 6.03. The zero-order valence-electron chi connectivity index (χ0n) is 20.8. The molecule has 0 atom stereocenters. The molecule has 1 N–H and O–H groups in total. The van der Waals surface area contributed by atoms with E-state index >= 15 is 0 Å². The highest BCUT2D eigenvalue weighted by Crippen LogP contribution is 2.39. The average molecular weight is 559 g/mol. The van der Waals surface area contributed by atoms with E-state index in [-0.39, 0.29) is 18.1 Å². The molecular weight excluding hydrogens is 536 g/mol. The van der Waals surface area contributed by atoms with Gasteiger partial charge in [-0.1, -0.05) is 72.3 Å². The van der Waals surface area contributed by atoms with Crippen LogP contribution in [0.3, 0.4) is 0 Å². The van der Waals surface area contributed by atoms with Crippen LogP contribution in [0.25, 0.3) is 16.8 Å². The van der Waals surface area contributed by atoms with Crippen molar-refractivity contribution in [3.05, 3.63) is 106 Å². The molecule has 1 aliphatic heterocycles. The Hall–Kier alpha value is -4.27. The first kappa shape index (κ1) is 26.3. The summed E-state index contributed by atoms with van der Waals surface area (Å²) in [5.74, 6) is -0.271. The average Bonchev–Trinajstić information content (AvgIpc) is 3.19. The number of benzene rings is 4. The number of hydrogen-bond acceptors (Lipinski definition) is 6. The van der Waals surface area contributed by atoms with Gasteiger partial charge in [-0.05, 0) is 64.0 Å². The number of thioether (sulfide) groups is 1. The fraction of sp³-hybridized carbons (Fsp3) is 0.100. The summed E-state index contributed by atoms with van der Waals surface area (Å²) in [5.41, 5.74) is 2.13. The predicted octanol–water partition coefficient (Wildman–Crippen LogP) is 6.76. The fourth-order valence-electron chi connectivity index (χ4n) is 4.18. The van der Waals surface area contributed by atoms with Crippen molar-refractivity contribution in [2.24, 2.45) is 0 Å². The van der Waals surface area contributed by atoms with Gasteiger partial charge >= 0.3 is 0 Å². The number of para-hydroxylation sites is 1. The summed E-state index contributed by atoms with van der Waals surface area (Å²) in [6.07, 6.45) is 1.54. The van der Waals surface area contributed by atoms with Gasteiger partial charge in [-0.2, -0.15) is 0 Å². The first-order chi connectivity index (χ1) is 18.9. The van der Waals surface area contributed by atoms with Crippen LogP contribution in [0.1, 0.15) is 11.1 Å². The molecule has 5 rings (SSSR count). The maximum Gasteiger partial charge on any atom is 0.294 e. The van der Waals surface area contributed by atoms with Gasteiger partial charge in [-0.3, -0.25) is 19.3 Å². The summed E-state index contributed by atoms with van der Waals surface area (Å²) in [7, 11) is 1.50. The number of fused-ring (bicyclic) bond motifs is 1. The molecule has 1 saturated heterocycles. The molecule has 0 unspecified atom stereocenters. The Bertz CT molecular complexity index is 1600. The first-order valence-electron chi connectivity index (χ1n) is 12.0. The zero-order valence-corrected chi connectivity index (χ0v) is 22.4. The highest BCUT2D eigenvalue weighted by Gasteiger charge is 2.36. The molecule has 0 spiro atoms. The van der Waals surface area contributed by atoms with Gasteiger partial charge in [0.15, 0.2) is 11.5 Å². The van der Waals surface area contributed by atoms with Crippen LogP contribution in [0.5, 0.6) is 11.5 Å². The van der Waals surface area contributed by atoms with E-state index < -0.39 is 17.1 Å². The molecule has 0 saturated carbocycles. The Morgan fingerprint density at radius 2 is 1.74 bits per heavy atom. The van der Waals surface area contributed by atoms with Crippen LogP contribution >= 0.6 is 23.4 Å². The standard InChI is InChI=1S/C30H23ClN2O5S/c1-37-25-15-19(14-24(31)28(25)38-18-21-10-7-9-20-8-5-6-13-23(20)21)16-26-29(35)33(30(36)39-26)17-27(34)32-22-11-3-2-4-12-22/h2-16H,17-18H2,1H3,(H,32,34)/b26-16-. The Morgan fingerprint density at radius 3 is 2.54 bits per heavy atom. The summed E-state index contributed by atoms with van der Waals surface area (Å²) < 4.78 is 11.6. The molecule has 196 valence electrons. The molecule has 1 heterocycles. The number of anilines is 1. The zero-order chi connectivity index (χ0) is 27.4. The molecule has 0 radical (unpaired) electrons. The van der Waals surface area contributed by atoms with Gasteiger partial charge in [-0.15, -0.1) is 0 Å². The molecule has 3 amide bonds. The minimum Gasteiger partial charge on any atom is -0.493 e. The molecule has 0 aliphatic carbocycles. The van der Waals surface area contributed by atoms with E-state index in [4.69, 9.17) is 21.1 Å². The second-order valence-corrected chi connectivity index (χ2v) is 10.0. The highest BCUT2D eigenvalue weighted by atomic mass is 35.5. The van der Waals surface area contributed by atoms with Crippen molar-refractivity contribution in [3.8, 4) is 11.5 Å². The van der Waals surface area contributed by atoms with E-state index in [1.54, 1.807) is 42.5 Å². The number of nitrogens with one attached hydrogen (secondary N) is 1. The van der Waals surface area contributed by atoms with E-state index in [0.717, 1.165) is 33.0 Å². The second-order valence-electron chi connectivity index (χ2n) is 8.64. The molecule has 1 aliphatic rings. The van der Waals surface area contributed by atoms with Gasteiger partial charge in [0.1, 0.15) is 13.2 Å². The second kappa shape index (κ2) is 11.6. The Morgan fingerprint density at radius 1 is 1.00 bits per heavy atom. The van der Waals surface area contributed by atoms with Crippen LogP contribution in [-0.4, -0.2) is 35.6 Å². The monoisotopic (exact) mass is 558 g/mol. The van der Waals surface area contributed by atoms with Crippen LogP contribution in [0.2, 0.25) is 5.02 Å². The SMILES string of the molecule is COc1cc(/C=C2\SC(=O)N(CC(=O)Nc3ccccc3)C2=O)cc(Cl)c1OCc1cccc2ccccc12. The Balaban J connectivity index is 1.31. The quantitative estimate of drug-likeness (QED) is 0.241. The van der Waals surface area contributed by atoms with Gasteiger partial charge in [-0.25, -0.2) is 0 Å². The van der Waals surface area contributed by atoms with Crippen LogP contribution in [0.15, 0.2) is 89.8 Å². The number of ether oxygens (including phenoxy) is 2. The van der Waals surface area contributed by atoms with Crippen molar-refractivity contribution in [2.45, 2.75) is 6.61 Å². The van der Waals surface area contributed by atoms with E-state index in [0.29, 0.717) is 27.8 Å². The van der Waals surface area contributed by atoms with Crippen molar-refractivity contribution in [1.82, 2.24) is 4.90 Å². The number of amides is 3. The third-order valence-corrected chi connectivity index (χ3v) is 7.22. The summed E-state index contributed by atoms with van der Waals surface area (Å²) in [5, 5.41) is 4.64. The molecule has 4 aromatic rings. The van der Waals surface area contributed by atoms with Gasteiger partial charge in [0.2, 0.25) is 5.91 Å². The lowest BCUT2D eigenvalue weighted by atomic mass is 10.1. The predicted molar refractivity (Wildman–Crippen MR) is 154 cm³/mol. The number of carbonyl (C=O) groups is 3. The highest BCUT2D eigenvalue weighted by molar-refractivity contribution is 8.18.